The van der Waals surface area contributed by atoms with Gasteiger partial charge in [-0.1, -0.05) is 6.07 Å². The van der Waals surface area contributed by atoms with Crippen molar-refractivity contribution >= 4 is 5.97 Å². The lowest BCUT2D eigenvalue weighted by Crippen LogP contribution is -2.02. The van der Waals surface area contributed by atoms with Crippen LogP contribution >= 0.6 is 0 Å². The topological polar surface area (TPSA) is 55.1 Å². The Bertz CT molecular complexity index is 669. The summed E-state index contributed by atoms with van der Waals surface area (Å²) in [5.41, 5.74) is 6.15. The zero-order valence-corrected chi connectivity index (χ0v) is 11.9. The monoisotopic (exact) mass is 258 g/mol. The smallest absolute Gasteiger partial charge is 0.335 e. The van der Waals surface area contributed by atoms with Crippen LogP contribution in [0.25, 0.3) is 11.1 Å². The van der Waals surface area contributed by atoms with Crippen LogP contribution in [0, 0.1) is 27.7 Å². The normalized spacial score (nSPS) is 10.8. The first-order valence-corrected chi connectivity index (χ1v) is 6.18. The first-order valence-electron chi connectivity index (χ1n) is 6.18. The van der Waals surface area contributed by atoms with Crippen LogP contribution in [0.5, 0.6) is 0 Å². The van der Waals surface area contributed by atoms with E-state index in [9.17, 15) is 9.90 Å². The van der Waals surface area contributed by atoms with Crippen molar-refractivity contribution in [2.75, 3.05) is 0 Å². The fraction of sp³-hybridized carbons (Fsp3) is 0.333. The molecule has 0 fully saturated rings. The van der Waals surface area contributed by atoms with E-state index in [0.717, 1.165) is 33.6 Å². The minimum Gasteiger partial charge on any atom is -0.478 e. The summed E-state index contributed by atoms with van der Waals surface area (Å²) in [6, 6.07) is 3.68. The number of nitrogens with zero attached hydrogens (tertiary/aromatic N) is 2. The van der Waals surface area contributed by atoms with E-state index >= 15 is 0 Å². The Balaban J connectivity index is 2.75. The van der Waals surface area contributed by atoms with Gasteiger partial charge in [-0.3, -0.25) is 4.68 Å². The molecule has 0 spiro atoms. The van der Waals surface area contributed by atoms with Crippen molar-refractivity contribution in [3.8, 4) is 11.1 Å². The number of hydrogen-bond donors (Lipinski definition) is 1. The van der Waals surface area contributed by atoms with Crippen LogP contribution in [0.4, 0.5) is 0 Å². The molecule has 0 atom stereocenters. The third-order valence-corrected chi connectivity index (χ3v) is 3.58. The van der Waals surface area contributed by atoms with Crippen LogP contribution in [-0.4, -0.2) is 20.9 Å². The van der Waals surface area contributed by atoms with E-state index in [0.29, 0.717) is 5.56 Å². The van der Waals surface area contributed by atoms with Crippen molar-refractivity contribution in [3.05, 3.63) is 40.2 Å². The highest BCUT2D eigenvalue weighted by Crippen LogP contribution is 2.31. The van der Waals surface area contributed by atoms with Gasteiger partial charge >= 0.3 is 5.97 Å². The number of benzene rings is 1. The average Bonchev–Trinajstić information content (AvgIpc) is 2.54. The van der Waals surface area contributed by atoms with Gasteiger partial charge in [-0.2, -0.15) is 5.10 Å². The number of carbonyl (C=O) groups is 1. The third-order valence-electron chi connectivity index (χ3n) is 3.58. The number of hydrogen-bond acceptors (Lipinski definition) is 2. The first-order chi connectivity index (χ1) is 8.82. The molecule has 2 rings (SSSR count). The lowest BCUT2D eigenvalue weighted by atomic mass is 9.94. The summed E-state index contributed by atoms with van der Waals surface area (Å²) in [7, 11) is 1.90. The van der Waals surface area contributed by atoms with Crippen molar-refractivity contribution < 1.29 is 9.90 Å². The summed E-state index contributed by atoms with van der Waals surface area (Å²) in [4.78, 5) is 11.3. The summed E-state index contributed by atoms with van der Waals surface area (Å²) in [6.45, 7) is 7.76. The molecule has 4 nitrogen and oxygen atoms in total. The molecule has 4 heteroatoms. The van der Waals surface area contributed by atoms with Crippen LogP contribution in [0.2, 0.25) is 0 Å². The maximum atomic E-state index is 11.3. The number of aryl methyl sites for hydroxylation is 4. The molecule has 19 heavy (non-hydrogen) atoms. The van der Waals surface area contributed by atoms with E-state index in [2.05, 4.69) is 5.10 Å². The Labute approximate surface area is 112 Å². The van der Waals surface area contributed by atoms with Gasteiger partial charge in [0.25, 0.3) is 0 Å². The van der Waals surface area contributed by atoms with Crippen molar-refractivity contribution in [2.45, 2.75) is 27.7 Å². The van der Waals surface area contributed by atoms with Gasteiger partial charge in [0.1, 0.15) is 0 Å². The summed E-state index contributed by atoms with van der Waals surface area (Å²) in [6.07, 6.45) is 0. The lowest BCUT2D eigenvalue weighted by molar-refractivity contribution is 0.0696. The van der Waals surface area contributed by atoms with Gasteiger partial charge in [-0.05, 0) is 50.5 Å². The fourth-order valence-electron chi connectivity index (χ4n) is 2.52. The van der Waals surface area contributed by atoms with Crippen molar-refractivity contribution in [3.63, 3.8) is 0 Å². The zero-order chi connectivity index (χ0) is 14.3. The number of aromatic nitrogens is 2. The molecule has 0 saturated heterocycles. The van der Waals surface area contributed by atoms with Gasteiger partial charge in [0, 0.05) is 18.3 Å². The van der Waals surface area contributed by atoms with Crippen molar-refractivity contribution in [1.29, 1.82) is 0 Å². The van der Waals surface area contributed by atoms with E-state index in [-0.39, 0.29) is 0 Å². The van der Waals surface area contributed by atoms with Crippen LogP contribution in [0.1, 0.15) is 32.9 Å². The van der Waals surface area contributed by atoms with E-state index in [1.165, 1.54) is 0 Å². The molecule has 0 unspecified atom stereocenters. The standard InChI is InChI=1S/C15H18N2O2/c1-8-6-9(2)13(15(18)19)7-12(8)14-10(3)16-17(5)11(14)4/h6-7H,1-5H3,(H,18,19). The molecule has 0 saturated carbocycles. The first kappa shape index (κ1) is 13.3. The second-order valence-corrected chi connectivity index (χ2v) is 4.96. The van der Waals surface area contributed by atoms with Crippen molar-refractivity contribution in [2.24, 2.45) is 7.05 Å². The van der Waals surface area contributed by atoms with E-state index < -0.39 is 5.97 Å². The van der Waals surface area contributed by atoms with Gasteiger partial charge in [-0.25, -0.2) is 4.79 Å². The quantitative estimate of drug-likeness (QED) is 0.900. The van der Waals surface area contributed by atoms with Crippen LogP contribution in [-0.2, 0) is 7.05 Å². The molecule has 1 aromatic heterocycles. The van der Waals surface area contributed by atoms with Gasteiger partial charge in [-0.15, -0.1) is 0 Å². The van der Waals surface area contributed by atoms with E-state index in [1.807, 2.05) is 45.5 Å². The highest BCUT2D eigenvalue weighted by Gasteiger charge is 2.17. The molecule has 0 aliphatic carbocycles. The predicted octanol–water partition coefficient (Wildman–Crippen LogP) is 3.02. The molecule has 0 amide bonds. The lowest BCUT2D eigenvalue weighted by Gasteiger charge is -2.10. The summed E-state index contributed by atoms with van der Waals surface area (Å²) in [5, 5.41) is 13.6. The highest BCUT2D eigenvalue weighted by molar-refractivity contribution is 5.92. The van der Waals surface area contributed by atoms with Gasteiger partial charge in [0.05, 0.1) is 11.3 Å². The molecule has 0 radical (unpaired) electrons. The molecular weight excluding hydrogens is 240 g/mol. The van der Waals surface area contributed by atoms with Crippen LogP contribution < -0.4 is 0 Å². The molecule has 1 aromatic carbocycles. The highest BCUT2D eigenvalue weighted by atomic mass is 16.4. The second kappa shape index (κ2) is 4.53. The Morgan fingerprint density at radius 2 is 1.79 bits per heavy atom. The number of carboxylic acids is 1. The average molecular weight is 258 g/mol. The molecule has 0 aliphatic heterocycles. The largest absolute Gasteiger partial charge is 0.478 e. The van der Waals surface area contributed by atoms with Gasteiger partial charge in [0.2, 0.25) is 0 Å². The molecular formula is C15H18N2O2. The minimum atomic E-state index is -0.891. The summed E-state index contributed by atoms with van der Waals surface area (Å²) >= 11 is 0. The number of aromatic carboxylic acids is 1. The van der Waals surface area contributed by atoms with Crippen LogP contribution in [0.3, 0.4) is 0 Å². The van der Waals surface area contributed by atoms with Gasteiger partial charge < -0.3 is 5.11 Å². The van der Waals surface area contributed by atoms with Crippen LogP contribution in [0.15, 0.2) is 12.1 Å². The molecule has 0 aliphatic rings. The van der Waals surface area contributed by atoms with Gasteiger partial charge in [0.15, 0.2) is 0 Å². The van der Waals surface area contributed by atoms with Crippen molar-refractivity contribution in [1.82, 2.24) is 9.78 Å². The minimum absolute atomic E-state index is 0.350. The maximum Gasteiger partial charge on any atom is 0.335 e. The zero-order valence-electron chi connectivity index (χ0n) is 11.9. The Hall–Kier alpha value is -2.10. The molecule has 1 N–H and O–H groups in total. The third kappa shape index (κ3) is 2.14. The number of carboxylic acid groups (broad SMARTS) is 1. The number of rotatable bonds is 2. The maximum absolute atomic E-state index is 11.3. The predicted molar refractivity (Wildman–Crippen MR) is 74.6 cm³/mol. The second-order valence-electron chi connectivity index (χ2n) is 4.96. The summed E-state index contributed by atoms with van der Waals surface area (Å²) in [5.74, 6) is -0.891. The summed E-state index contributed by atoms with van der Waals surface area (Å²) < 4.78 is 1.82. The molecule has 1 heterocycles. The Kier molecular flexibility index (Phi) is 3.18. The SMILES string of the molecule is Cc1cc(C)c(-c2c(C)nn(C)c2C)cc1C(=O)O. The molecule has 0 bridgehead atoms. The fourth-order valence-corrected chi connectivity index (χ4v) is 2.52. The van der Waals surface area contributed by atoms with E-state index in [4.69, 9.17) is 0 Å². The molecule has 100 valence electrons. The Morgan fingerprint density at radius 3 is 2.26 bits per heavy atom. The van der Waals surface area contributed by atoms with E-state index in [1.54, 1.807) is 6.07 Å². The molecule has 2 aromatic rings. The Morgan fingerprint density at radius 1 is 1.16 bits per heavy atom.